The number of para-hydroxylation sites is 4. The molecule has 0 N–H and O–H groups in total. The summed E-state index contributed by atoms with van der Waals surface area (Å²) in [5.41, 5.74) is -16.4. The summed E-state index contributed by atoms with van der Waals surface area (Å²) in [6.07, 6.45) is 0. The number of benzene rings is 12. The molecule has 0 amide bonds. The predicted molar refractivity (Wildman–Crippen MR) is 382 cm³/mol. The summed E-state index contributed by atoms with van der Waals surface area (Å²) in [5.74, 6) is 0. The van der Waals surface area contributed by atoms with Crippen LogP contribution in [0.15, 0.2) is 257 Å². The van der Waals surface area contributed by atoms with Gasteiger partial charge in [-0.05, 0) is 138 Å². The van der Waals surface area contributed by atoms with Crippen LogP contribution in [0.3, 0.4) is 0 Å². The van der Waals surface area contributed by atoms with Crippen molar-refractivity contribution in [1.82, 2.24) is 4.57 Å². The van der Waals surface area contributed by atoms with Gasteiger partial charge in [0.05, 0.1) is 69.0 Å². The molecule has 0 bridgehead atoms. The number of anilines is 6. The summed E-state index contributed by atoms with van der Waals surface area (Å²) >= 11 is 0. The second-order valence-electron chi connectivity index (χ2n) is 25.4. The number of rotatable bonds is 6. The van der Waals surface area contributed by atoms with Gasteiger partial charge in [-0.25, -0.2) is 0 Å². The normalized spacial score (nSPS) is 18.6. The summed E-state index contributed by atoms with van der Waals surface area (Å²) < 4.78 is 351. The van der Waals surface area contributed by atoms with E-state index in [9.17, 15) is 39.8 Å². The fraction of sp³-hybridized carbons (Fsp3) is 0.143. The number of furan rings is 2. The maximum Gasteiger partial charge on any atom is 0.252 e. The van der Waals surface area contributed by atoms with Gasteiger partial charge >= 0.3 is 0 Å². The van der Waals surface area contributed by atoms with Crippen molar-refractivity contribution in [2.24, 2.45) is 0 Å². The van der Waals surface area contributed by atoms with Gasteiger partial charge in [-0.2, -0.15) is 0 Å². The molecule has 0 spiro atoms. The van der Waals surface area contributed by atoms with Crippen LogP contribution < -0.4 is 26.2 Å². The lowest BCUT2D eigenvalue weighted by Crippen LogP contribution is -2.61. The zero-order valence-electron chi connectivity index (χ0n) is 83.8. The Kier molecular flexibility index (Phi) is 6.39. The van der Waals surface area contributed by atoms with Crippen molar-refractivity contribution in [3.8, 4) is 39.1 Å². The molecule has 5 nitrogen and oxygen atoms in total. The van der Waals surface area contributed by atoms with E-state index in [4.69, 9.17) is 15.7 Å². The van der Waals surface area contributed by atoms with Crippen LogP contribution in [0.2, 0.25) is 0 Å². The van der Waals surface area contributed by atoms with E-state index in [0.717, 1.165) is 9.47 Å². The molecule has 2 aliphatic rings. The molecule has 2 aliphatic heterocycles. The van der Waals surface area contributed by atoms with E-state index in [1.165, 1.54) is 23.1 Å². The quantitative estimate of drug-likeness (QED) is 0.156. The van der Waals surface area contributed by atoms with E-state index in [-0.39, 0.29) is 60.8 Å². The summed E-state index contributed by atoms with van der Waals surface area (Å²) in [4.78, 5) is 2.39. The van der Waals surface area contributed by atoms with Crippen molar-refractivity contribution in [2.75, 3.05) is 9.80 Å². The van der Waals surface area contributed by atoms with Gasteiger partial charge in [0, 0.05) is 71.9 Å². The maximum atomic E-state index is 11.6. The van der Waals surface area contributed by atoms with Gasteiger partial charge in [0.2, 0.25) is 0 Å². The third-order valence-electron chi connectivity index (χ3n) is 16.8. The van der Waals surface area contributed by atoms with E-state index in [1.807, 2.05) is 0 Å². The molecular formula is C84H68BN3O2. The number of hydrogen-bond donors (Lipinski definition) is 0. The summed E-state index contributed by atoms with van der Waals surface area (Å²) in [6, 6.07) is -19.1. The van der Waals surface area contributed by atoms with Gasteiger partial charge < -0.3 is 23.2 Å². The topological polar surface area (TPSA) is 37.7 Å². The fourth-order valence-corrected chi connectivity index (χ4v) is 12.8. The van der Waals surface area contributed by atoms with Crippen LogP contribution in [0.1, 0.15) is 126 Å². The van der Waals surface area contributed by atoms with Crippen LogP contribution >= 0.6 is 0 Å². The predicted octanol–water partition coefficient (Wildman–Crippen LogP) is 21.6. The SMILES string of the molecule is [2H]c1c([2H])c([2H])c(-c2c([2H])c(C(C)(C)C)c3c(oc4c([2H])c([2H])c([2H])c([2H])c43)c2N2c3cc(C(C)(C)C)cc4c3B(c3c([2H])c([2H])c(-c5ccccc5)c([2H])c32)c2c([2H])c([2H])c(-n3c5c([2H])c([2H])c([2H])c([2H])c5c5c([2H])c([2H])c([2H])c([2H])c53)c([2H])c2N4c2c(-c3c([2H])c([2H])c([2H])c([2H])c3[2H])c([2H])c(C(C)(C)C)c3c2oc2c([2H])c([2H])c([2H])c([2H])c23)c([2H])c1[2H]. The number of aromatic nitrogens is 1. The maximum absolute atomic E-state index is 11.6. The molecule has 0 radical (unpaired) electrons. The molecule has 3 aromatic heterocycles. The second kappa shape index (κ2) is 19.6. The van der Waals surface area contributed by atoms with Gasteiger partial charge in [0.25, 0.3) is 6.71 Å². The van der Waals surface area contributed by atoms with Crippen LogP contribution in [-0.4, -0.2) is 11.3 Å². The van der Waals surface area contributed by atoms with E-state index in [1.54, 1.807) is 86.6 Å². The van der Waals surface area contributed by atoms with Crippen LogP contribution in [-0.2, 0) is 16.2 Å². The van der Waals surface area contributed by atoms with E-state index < -0.39 is 340 Å². The largest absolute Gasteiger partial charge is 0.454 e. The van der Waals surface area contributed by atoms with Crippen molar-refractivity contribution in [1.29, 1.82) is 0 Å². The Morgan fingerprint density at radius 3 is 1.32 bits per heavy atom. The van der Waals surface area contributed by atoms with Gasteiger partial charge in [0.15, 0.2) is 11.2 Å². The Morgan fingerprint density at radius 2 is 0.833 bits per heavy atom. The monoisotopic (exact) mass is 1200 g/mol. The highest BCUT2D eigenvalue weighted by Gasteiger charge is 2.47. The van der Waals surface area contributed by atoms with E-state index >= 15 is 0 Å². The molecule has 434 valence electrons. The first-order valence-corrected chi connectivity index (χ1v) is 29.0. The Balaban J connectivity index is 1.23. The molecule has 6 heteroatoms. The van der Waals surface area contributed by atoms with Crippen molar-refractivity contribution >= 4 is 123 Å². The number of fused-ring (bicyclic) bond motifs is 13. The van der Waals surface area contributed by atoms with Gasteiger partial charge in [-0.3, -0.25) is 0 Å². The van der Waals surface area contributed by atoms with Crippen LogP contribution in [0.5, 0.6) is 0 Å². The lowest BCUT2D eigenvalue weighted by Gasteiger charge is -2.46. The van der Waals surface area contributed by atoms with Crippen molar-refractivity contribution in [3.05, 3.63) is 265 Å². The molecule has 0 aliphatic carbocycles. The van der Waals surface area contributed by atoms with Crippen molar-refractivity contribution in [2.45, 2.75) is 78.6 Å². The first-order chi connectivity index (χ1) is 57.7. The first-order valence-electron chi connectivity index (χ1n) is 46.0. The molecule has 17 rings (SSSR count). The summed E-state index contributed by atoms with van der Waals surface area (Å²) in [5, 5.41) is -2.36. The summed E-state index contributed by atoms with van der Waals surface area (Å²) in [7, 11) is 0. The highest BCUT2D eigenvalue weighted by molar-refractivity contribution is 7.00. The molecule has 0 saturated heterocycles. The molecule has 0 atom stereocenters. The van der Waals surface area contributed by atoms with Gasteiger partial charge in [-0.1, -0.05) is 244 Å². The minimum atomic E-state index is -2.06. The third kappa shape index (κ3) is 8.09. The lowest BCUT2D eigenvalue weighted by molar-refractivity contribution is 0.590. The summed E-state index contributed by atoms with van der Waals surface area (Å²) in [6.45, 7) is 12.9. The molecule has 12 aromatic carbocycles. The molecule has 15 aromatic rings. The second-order valence-corrected chi connectivity index (χ2v) is 25.4. The molecule has 0 unspecified atom stereocenters. The molecule has 90 heavy (non-hydrogen) atoms. The Hall–Kier alpha value is -10.3. The van der Waals surface area contributed by atoms with E-state index in [2.05, 4.69) is 0 Å². The highest BCUT2D eigenvalue weighted by atomic mass is 16.3. The molecule has 0 saturated carbocycles. The van der Waals surface area contributed by atoms with Crippen LogP contribution in [0, 0.1) is 0 Å². The first kappa shape index (κ1) is 29.3. The average Bonchev–Trinajstić information content (AvgIpc) is 1.01. The average molecular weight is 1200 g/mol. The number of nitrogens with zero attached hydrogens (tertiary/aromatic N) is 3. The minimum absolute atomic E-state index is 0.0899. The fourth-order valence-electron chi connectivity index (χ4n) is 12.8. The third-order valence-corrected chi connectivity index (χ3v) is 16.8. The molecule has 0 fully saturated rings. The van der Waals surface area contributed by atoms with Crippen LogP contribution in [0.25, 0.3) is 105 Å². The minimum Gasteiger partial charge on any atom is -0.454 e. The smallest absolute Gasteiger partial charge is 0.252 e. The zero-order valence-corrected chi connectivity index (χ0v) is 49.8. The Labute approximate surface area is 573 Å². The molecule has 5 heterocycles. The van der Waals surface area contributed by atoms with Crippen molar-refractivity contribution in [3.63, 3.8) is 0 Å². The Bertz CT molecular complexity index is 7430. The van der Waals surface area contributed by atoms with Gasteiger partial charge in [0.1, 0.15) is 11.2 Å². The zero-order chi connectivity index (χ0) is 90.7. The lowest BCUT2D eigenvalue weighted by atomic mass is 9.33. The Morgan fingerprint density at radius 1 is 0.389 bits per heavy atom. The highest BCUT2D eigenvalue weighted by Crippen LogP contribution is 2.57. The standard InChI is InChI=1S/C84H68BN3O2/c1-82(2,3)55-46-71-77-72(47-55)88(79-62(53-31-17-12-18-32-53)50-64(84(7,8)9)76-60-36-22-26-40-74(60)90-81(76)79)70-48-56(86-67-37-23-19-33-57(67)58-34-20-24-38-68(58)86)42-44-66(70)85(77)65-43-41-54(51-27-13-10-14-28-51)45-69(65)87(71)78-61(52-29-15-11-16-30-52)49-63(83(4,5)6)75-59-35-21-25-39-73(59)89-80(75)78/h10-50H,1-9H3/i11D,12D,15D,16D,17D,18D,19D,20D,21D,22D,23D,24D,25D,26D,29D,30D,31D,32D,33D,34D,35D,36D,37D,38D,39D,40D,41D,42D,43D,44D,45D,48D,49D,50D. The molecular weight excluding hydrogens is 1090 g/mol. The van der Waals surface area contributed by atoms with Crippen molar-refractivity contribution < 1.29 is 55.4 Å². The van der Waals surface area contributed by atoms with Crippen LogP contribution in [0.4, 0.5) is 34.1 Å². The van der Waals surface area contributed by atoms with E-state index in [0.29, 0.717) is 0 Å². The van der Waals surface area contributed by atoms with Gasteiger partial charge in [-0.15, -0.1) is 0 Å². The number of hydrogen-bond acceptors (Lipinski definition) is 4.